The smallest absolute Gasteiger partial charge is 0.190 e. The molecule has 0 saturated heterocycles. The van der Waals surface area contributed by atoms with Crippen LogP contribution in [0.25, 0.3) is 0 Å². The summed E-state index contributed by atoms with van der Waals surface area (Å²) >= 11 is 0. The molecule has 19 heavy (non-hydrogen) atoms. The van der Waals surface area contributed by atoms with E-state index in [1.165, 1.54) is 0 Å². The van der Waals surface area contributed by atoms with Crippen molar-refractivity contribution < 1.29 is 23.0 Å². The highest BCUT2D eigenvalue weighted by atomic mass is 19.1. The van der Waals surface area contributed by atoms with Gasteiger partial charge in [-0.1, -0.05) is 0 Å². The van der Waals surface area contributed by atoms with Gasteiger partial charge in [0.2, 0.25) is 0 Å². The molecule has 1 rings (SSSR count). The fourth-order valence-corrected chi connectivity index (χ4v) is 1.48. The van der Waals surface area contributed by atoms with E-state index >= 15 is 0 Å². The summed E-state index contributed by atoms with van der Waals surface area (Å²) in [6.07, 6.45) is 0.768. The largest absolute Gasteiger partial charge is 0.485 e. The van der Waals surface area contributed by atoms with Gasteiger partial charge in [-0.05, 0) is 24.1 Å². The van der Waals surface area contributed by atoms with Crippen LogP contribution in [0.4, 0.5) is 8.78 Å². The van der Waals surface area contributed by atoms with E-state index in [9.17, 15) is 8.78 Å². The first kappa shape index (κ1) is 15.8. The molecule has 0 amide bonds. The molecule has 0 atom stereocenters. The predicted molar refractivity (Wildman–Crippen MR) is 67.1 cm³/mol. The van der Waals surface area contributed by atoms with Gasteiger partial charge in [-0.15, -0.1) is 0 Å². The van der Waals surface area contributed by atoms with Crippen molar-refractivity contribution in [3.8, 4) is 5.75 Å². The lowest BCUT2D eigenvalue weighted by Gasteiger charge is -2.10. The molecule has 0 heterocycles. The molecule has 1 aromatic carbocycles. The van der Waals surface area contributed by atoms with E-state index in [0.717, 1.165) is 18.6 Å². The van der Waals surface area contributed by atoms with E-state index in [4.69, 9.17) is 19.9 Å². The highest BCUT2D eigenvalue weighted by Crippen LogP contribution is 2.23. The maximum atomic E-state index is 13.5. The predicted octanol–water partition coefficient (Wildman–Crippen LogP) is 1.86. The summed E-state index contributed by atoms with van der Waals surface area (Å²) in [6, 6.07) is 2.33. The van der Waals surface area contributed by atoms with Crippen molar-refractivity contribution in [3.05, 3.63) is 29.3 Å². The van der Waals surface area contributed by atoms with Crippen LogP contribution in [0.15, 0.2) is 12.1 Å². The number of hydrogen-bond acceptors (Lipinski definition) is 4. The molecule has 108 valence electrons. The van der Waals surface area contributed by atoms with Gasteiger partial charge in [-0.2, -0.15) is 0 Å². The van der Waals surface area contributed by atoms with Crippen LogP contribution in [0.3, 0.4) is 0 Å². The molecule has 1 aromatic rings. The summed E-state index contributed by atoms with van der Waals surface area (Å²) in [4.78, 5) is 0. The van der Waals surface area contributed by atoms with Crippen molar-refractivity contribution in [1.29, 1.82) is 0 Å². The topological polar surface area (TPSA) is 53.7 Å². The Morgan fingerprint density at radius 1 is 1.05 bits per heavy atom. The Balaban J connectivity index is 2.33. The summed E-state index contributed by atoms with van der Waals surface area (Å²) in [5, 5.41) is 0. The number of halogens is 2. The Kier molecular flexibility index (Phi) is 7.32. The van der Waals surface area contributed by atoms with Crippen LogP contribution in [0, 0.1) is 11.6 Å². The Morgan fingerprint density at radius 3 is 2.32 bits per heavy atom. The molecule has 0 radical (unpaired) electrons. The van der Waals surface area contributed by atoms with Gasteiger partial charge in [0.15, 0.2) is 17.4 Å². The zero-order valence-corrected chi connectivity index (χ0v) is 11.0. The van der Waals surface area contributed by atoms with Gasteiger partial charge in [0.05, 0.1) is 6.61 Å². The van der Waals surface area contributed by atoms with E-state index in [1.54, 1.807) is 7.11 Å². The van der Waals surface area contributed by atoms with Crippen LogP contribution in [0.1, 0.15) is 12.0 Å². The summed E-state index contributed by atoms with van der Waals surface area (Å²) in [5.74, 6) is -1.89. The summed E-state index contributed by atoms with van der Waals surface area (Å²) in [7, 11) is 1.61. The molecular formula is C13H19F2NO3. The highest BCUT2D eigenvalue weighted by Gasteiger charge is 2.12. The second-order valence-corrected chi connectivity index (χ2v) is 3.90. The zero-order valence-electron chi connectivity index (χ0n) is 11.0. The minimum atomic E-state index is -0.750. The molecule has 0 spiro atoms. The average Bonchev–Trinajstić information content (AvgIpc) is 2.40. The quantitative estimate of drug-likeness (QED) is 0.699. The number of hydrogen-bond donors (Lipinski definition) is 1. The van der Waals surface area contributed by atoms with Gasteiger partial charge in [0, 0.05) is 26.9 Å². The molecule has 0 aliphatic rings. The monoisotopic (exact) mass is 275 g/mol. The van der Waals surface area contributed by atoms with Gasteiger partial charge < -0.3 is 19.9 Å². The van der Waals surface area contributed by atoms with Gasteiger partial charge in [0.25, 0.3) is 0 Å². The molecule has 2 N–H and O–H groups in total. The summed E-state index contributed by atoms with van der Waals surface area (Å²) in [6.45, 7) is 1.57. The van der Waals surface area contributed by atoms with Crippen molar-refractivity contribution in [2.75, 3.05) is 33.5 Å². The number of methoxy groups -OCH3 is 1. The zero-order chi connectivity index (χ0) is 14.1. The molecule has 4 nitrogen and oxygen atoms in total. The average molecular weight is 275 g/mol. The van der Waals surface area contributed by atoms with Crippen LogP contribution < -0.4 is 10.5 Å². The van der Waals surface area contributed by atoms with Crippen molar-refractivity contribution in [2.24, 2.45) is 5.73 Å². The lowest BCUT2D eigenvalue weighted by Crippen LogP contribution is -2.10. The van der Waals surface area contributed by atoms with Crippen LogP contribution in [0.2, 0.25) is 0 Å². The van der Waals surface area contributed by atoms with Gasteiger partial charge in [0.1, 0.15) is 6.61 Å². The summed E-state index contributed by atoms with van der Waals surface area (Å²) in [5.41, 5.74) is 5.70. The summed E-state index contributed by atoms with van der Waals surface area (Å²) < 4.78 is 42.1. The van der Waals surface area contributed by atoms with E-state index in [-0.39, 0.29) is 19.8 Å². The number of benzene rings is 1. The highest BCUT2D eigenvalue weighted by molar-refractivity contribution is 5.31. The SMILES string of the molecule is COCCCOCCOc1c(F)cc(CN)cc1F. The fraction of sp³-hybridized carbons (Fsp3) is 0.538. The first-order valence-corrected chi connectivity index (χ1v) is 6.06. The van der Waals surface area contributed by atoms with Gasteiger partial charge >= 0.3 is 0 Å². The first-order chi connectivity index (χ1) is 9.19. The Bertz CT molecular complexity index is 365. The first-order valence-electron chi connectivity index (χ1n) is 6.06. The van der Waals surface area contributed by atoms with Crippen molar-refractivity contribution in [3.63, 3.8) is 0 Å². The Labute approximate surface area is 111 Å². The molecule has 0 unspecified atom stereocenters. The molecule has 0 bridgehead atoms. The van der Waals surface area contributed by atoms with E-state index in [1.807, 2.05) is 0 Å². The Morgan fingerprint density at radius 2 is 1.74 bits per heavy atom. The molecular weight excluding hydrogens is 256 g/mol. The van der Waals surface area contributed by atoms with E-state index in [0.29, 0.717) is 18.8 Å². The molecule has 0 aromatic heterocycles. The molecule has 0 saturated carbocycles. The molecule has 0 aliphatic heterocycles. The van der Waals surface area contributed by atoms with Gasteiger partial charge in [-0.3, -0.25) is 0 Å². The molecule has 6 heteroatoms. The fourth-order valence-electron chi connectivity index (χ4n) is 1.48. The minimum Gasteiger partial charge on any atom is -0.485 e. The maximum Gasteiger partial charge on any atom is 0.190 e. The maximum absolute atomic E-state index is 13.5. The van der Waals surface area contributed by atoms with E-state index < -0.39 is 17.4 Å². The normalized spacial score (nSPS) is 10.7. The number of nitrogens with two attached hydrogens (primary N) is 1. The molecule has 0 aliphatic carbocycles. The van der Waals surface area contributed by atoms with E-state index in [2.05, 4.69) is 0 Å². The number of ether oxygens (including phenoxy) is 3. The minimum absolute atomic E-state index is 0.0801. The second kappa shape index (κ2) is 8.79. The van der Waals surface area contributed by atoms with Crippen LogP contribution in [-0.4, -0.2) is 33.5 Å². The van der Waals surface area contributed by atoms with Crippen molar-refractivity contribution >= 4 is 0 Å². The third-order valence-electron chi connectivity index (χ3n) is 2.40. The van der Waals surface area contributed by atoms with Gasteiger partial charge in [-0.25, -0.2) is 8.78 Å². The van der Waals surface area contributed by atoms with Crippen molar-refractivity contribution in [1.82, 2.24) is 0 Å². The lowest BCUT2D eigenvalue weighted by atomic mass is 10.2. The second-order valence-electron chi connectivity index (χ2n) is 3.90. The third-order valence-corrected chi connectivity index (χ3v) is 2.40. The third kappa shape index (κ3) is 5.50. The standard InChI is InChI=1S/C13H19F2NO3/c1-17-3-2-4-18-5-6-19-13-11(14)7-10(9-16)8-12(13)15/h7-8H,2-6,9,16H2,1H3. The van der Waals surface area contributed by atoms with Crippen LogP contribution in [0.5, 0.6) is 5.75 Å². The van der Waals surface area contributed by atoms with Crippen LogP contribution in [-0.2, 0) is 16.0 Å². The lowest BCUT2D eigenvalue weighted by molar-refractivity contribution is 0.0786. The van der Waals surface area contributed by atoms with Crippen molar-refractivity contribution in [2.45, 2.75) is 13.0 Å². The van der Waals surface area contributed by atoms with Crippen LogP contribution >= 0.6 is 0 Å². The Hall–Kier alpha value is -1.24. The molecule has 0 fully saturated rings. The number of rotatable bonds is 9.